The Morgan fingerprint density at radius 2 is 2.29 bits per heavy atom. The summed E-state index contributed by atoms with van der Waals surface area (Å²) in [6.07, 6.45) is 2.90. The second kappa shape index (κ2) is 4.71. The molecule has 0 aliphatic carbocycles. The van der Waals surface area contributed by atoms with Crippen LogP contribution in [-0.4, -0.2) is 17.6 Å². The molecule has 1 atom stereocenters. The molecule has 86 valence electrons. The number of amides is 1. The number of nitriles is 1. The monoisotopic (exact) mass is 228 g/mol. The van der Waals surface area contributed by atoms with Crippen molar-refractivity contribution < 1.29 is 9.53 Å². The van der Waals surface area contributed by atoms with Crippen molar-refractivity contribution in [2.45, 2.75) is 13.0 Å². The number of carbonyl (C=O) groups excluding carboxylic acids is 1. The number of ether oxygens (including phenoxy) is 1. The summed E-state index contributed by atoms with van der Waals surface area (Å²) in [5, 5.41) is 9.19. The predicted molar refractivity (Wildman–Crippen MR) is 62.7 cm³/mol. The molecule has 1 aliphatic heterocycles. The van der Waals surface area contributed by atoms with Gasteiger partial charge in [-0.25, -0.2) is 4.79 Å². The molecule has 0 spiro atoms. The van der Waals surface area contributed by atoms with Crippen LogP contribution in [0.1, 0.15) is 24.1 Å². The third-order valence-electron chi connectivity index (χ3n) is 2.58. The minimum absolute atomic E-state index is 0.295. The Morgan fingerprint density at radius 1 is 1.53 bits per heavy atom. The largest absolute Gasteiger partial charge is 0.449 e. The first-order chi connectivity index (χ1) is 8.27. The summed E-state index contributed by atoms with van der Waals surface area (Å²) >= 11 is 0. The maximum Gasteiger partial charge on any atom is 0.415 e. The van der Waals surface area contributed by atoms with E-state index < -0.39 is 12.1 Å². The van der Waals surface area contributed by atoms with Crippen LogP contribution in [0, 0.1) is 11.3 Å². The molecule has 2 rings (SSSR count). The summed E-state index contributed by atoms with van der Waals surface area (Å²) in [6, 6.07) is 9.02. The zero-order valence-electron chi connectivity index (χ0n) is 9.46. The second-order valence-electron chi connectivity index (χ2n) is 3.58. The molecule has 1 aliphatic rings. The van der Waals surface area contributed by atoms with E-state index >= 15 is 0 Å². The molecule has 4 heteroatoms. The van der Waals surface area contributed by atoms with Crippen LogP contribution in [0.15, 0.2) is 30.5 Å². The smallest absolute Gasteiger partial charge is 0.415 e. The van der Waals surface area contributed by atoms with Gasteiger partial charge in [0.05, 0.1) is 12.7 Å². The number of carbonyl (C=O) groups is 1. The van der Waals surface area contributed by atoms with Crippen LogP contribution in [-0.2, 0) is 4.74 Å². The van der Waals surface area contributed by atoms with Crippen molar-refractivity contribution in [3.63, 3.8) is 0 Å². The highest BCUT2D eigenvalue weighted by atomic mass is 16.6. The Bertz CT molecular complexity index is 502. The summed E-state index contributed by atoms with van der Waals surface area (Å²) in [4.78, 5) is 13.0. The molecular weight excluding hydrogens is 216 g/mol. The van der Waals surface area contributed by atoms with Crippen LogP contribution in [0.2, 0.25) is 0 Å². The van der Waals surface area contributed by atoms with Gasteiger partial charge < -0.3 is 4.74 Å². The van der Waals surface area contributed by atoms with E-state index in [4.69, 9.17) is 4.74 Å². The third-order valence-corrected chi connectivity index (χ3v) is 2.58. The second-order valence-corrected chi connectivity index (χ2v) is 3.58. The minimum atomic E-state index is -0.616. The van der Waals surface area contributed by atoms with Crippen molar-refractivity contribution in [2.75, 3.05) is 6.61 Å². The van der Waals surface area contributed by atoms with Gasteiger partial charge in [0.25, 0.3) is 0 Å². The fourth-order valence-electron chi connectivity index (χ4n) is 1.80. The van der Waals surface area contributed by atoms with Gasteiger partial charge >= 0.3 is 6.09 Å². The lowest BCUT2D eigenvalue weighted by Crippen LogP contribution is -2.32. The zero-order chi connectivity index (χ0) is 12.3. The quantitative estimate of drug-likeness (QED) is 0.742. The third kappa shape index (κ3) is 2.00. The predicted octanol–water partition coefficient (Wildman–Crippen LogP) is 2.69. The highest BCUT2D eigenvalue weighted by molar-refractivity contribution is 5.74. The van der Waals surface area contributed by atoms with Gasteiger partial charge in [-0.15, -0.1) is 0 Å². The molecule has 0 aromatic heterocycles. The number of nitrogens with zero attached hydrogens (tertiary/aromatic N) is 2. The number of fused-ring (bicyclic) bond motifs is 1. The molecule has 0 saturated carbocycles. The Hall–Kier alpha value is -2.28. The highest BCUT2D eigenvalue weighted by Crippen LogP contribution is 2.29. The highest BCUT2D eigenvalue weighted by Gasteiger charge is 2.28. The van der Waals surface area contributed by atoms with Crippen LogP contribution >= 0.6 is 0 Å². The van der Waals surface area contributed by atoms with E-state index in [-0.39, 0.29) is 0 Å². The van der Waals surface area contributed by atoms with Crippen LogP contribution in [0.25, 0.3) is 6.08 Å². The molecule has 1 aromatic carbocycles. The van der Waals surface area contributed by atoms with Crippen LogP contribution in [0.3, 0.4) is 0 Å². The number of benzene rings is 1. The van der Waals surface area contributed by atoms with E-state index in [1.54, 1.807) is 19.2 Å². The molecule has 17 heavy (non-hydrogen) atoms. The Labute approximate surface area is 99.7 Å². The number of hydrogen-bond donors (Lipinski definition) is 0. The molecule has 0 bridgehead atoms. The Kier molecular flexibility index (Phi) is 3.10. The minimum Gasteiger partial charge on any atom is -0.449 e. The first-order valence-electron chi connectivity index (χ1n) is 5.39. The van der Waals surface area contributed by atoms with Gasteiger partial charge in [-0.05, 0) is 24.1 Å². The van der Waals surface area contributed by atoms with Gasteiger partial charge in [-0.3, -0.25) is 4.90 Å². The molecule has 0 N–H and O–H groups in total. The zero-order valence-corrected chi connectivity index (χ0v) is 9.46. The SMILES string of the molecule is CCOC(=O)N1C=Cc2ccccc2[C@@H]1C#N. The number of rotatable bonds is 1. The van der Waals surface area contributed by atoms with Crippen LogP contribution < -0.4 is 0 Å². The standard InChI is InChI=1S/C13H12N2O2/c1-2-17-13(16)15-8-7-10-5-3-4-6-11(10)12(15)9-14/h3-8,12H,2H2,1H3/t12-/m0/s1. The molecule has 0 saturated heterocycles. The fourth-order valence-corrected chi connectivity index (χ4v) is 1.80. The topological polar surface area (TPSA) is 53.3 Å². The van der Waals surface area contributed by atoms with Crippen molar-refractivity contribution >= 4 is 12.2 Å². The van der Waals surface area contributed by atoms with E-state index in [0.717, 1.165) is 11.1 Å². The average molecular weight is 228 g/mol. The maximum atomic E-state index is 11.7. The van der Waals surface area contributed by atoms with Crippen LogP contribution in [0.4, 0.5) is 4.79 Å². The van der Waals surface area contributed by atoms with Crippen LogP contribution in [0.5, 0.6) is 0 Å². The molecule has 1 aromatic rings. The van der Waals surface area contributed by atoms with E-state index in [1.807, 2.05) is 24.3 Å². The summed E-state index contributed by atoms with van der Waals surface area (Å²) in [6.45, 7) is 2.03. The van der Waals surface area contributed by atoms with E-state index in [0.29, 0.717) is 6.61 Å². The van der Waals surface area contributed by atoms with Crippen molar-refractivity contribution in [2.24, 2.45) is 0 Å². The molecule has 0 unspecified atom stereocenters. The Morgan fingerprint density at radius 3 is 3.00 bits per heavy atom. The Balaban J connectivity index is 2.36. The van der Waals surface area contributed by atoms with Crippen molar-refractivity contribution in [3.05, 3.63) is 41.6 Å². The summed E-state index contributed by atoms with van der Waals surface area (Å²) < 4.78 is 4.91. The maximum absolute atomic E-state index is 11.7. The lowest BCUT2D eigenvalue weighted by molar-refractivity contribution is 0.116. The van der Waals surface area contributed by atoms with Gasteiger partial charge in [0.15, 0.2) is 6.04 Å². The molecule has 0 radical (unpaired) electrons. The van der Waals surface area contributed by atoms with E-state index in [1.165, 1.54) is 4.90 Å². The van der Waals surface area contributed by atoms with Crippen molar-refractivity contribution in [1.82, 2.24) is 4.90 Å². The van der Waals surface area contributed by atoms with Gasteiger partial charge in [0.2, 0.25) is 0 Å². The van der Waals surface area contributed by atoms with Crippen molar-refractivity contribution in [1.29, 1.82) is 5.26 Å². The van der Waals surface area contributed by atoms with Gasteiger partial charge in [0.1, 0.15) is 0 Å². The summed E-state index contributed by atoms with van der Waals surface area (Å²) in [5.74, 6) is 0. The van der Waals surface area contributed by atoms with Gasteiger partial charge in [0, 0.05) is 6.20 Å². The van der Waals surface area contributed by atoms with Gasteiger partial charge in [-0.1, -0.05) is 24.3 Å². The lowest BCUT2D eigenvalue weighted by atomic mass is 9.97. The van der Waals surface area contributed by atoms with E-state index in [9.17, 15) is 10.1 Å². The fraction of sp³-hybridized carbons (Fsp3) is 0.231. The number of hydrogen-bond acceptors (Lipinski definition) is 3. The van der Waals surface area contributed by atoms with E-state index in [2.05, 4.69) is 6.07 Å². The lowest BCUT2D eigenvalue weighted by Gasteiger charge is -2.27. The molecule has 1 heterocycles. The van der Waals surface area contributed by atoms with Crippen molar-refractivity contribution in [3.8, 4) is 6.07 Å². The normalized spacial score (nSPS) is 17.2. The molecule has 0 fully saturated rings. The first-order valence-corrected chi connectivity index (χ1v) is 5.39. The first kappa shape index (κ1) is 11.2. The molecule has 1 amide bonds. The molecular formula is C13H12N2O2. The summed E-state index contributed by atoms with van der Waals surface area (Å²) in [7, 11) is 0. The summed E-state index contributed by atoms with van der Waals surface area (Å²) in [5.41, 5.74) is 1.78. The van der Waals surface area contributed by atoms with Gasteiger partial charge in [-0.2, -0.15) is 5.26 Å². The molecule has 4 nitrogen and oxygen atoms in total. The average Bonchev–Trinajstić information content (AvgIpc) is 2.37.